The van der Waals surface area contributed by atoms with Crippen LogP contribution < -0.4 is 5.32 Å². The summed E-state index contributed by atoms with van der Waals surface area (Å²) in [7, 11) is 1.71. The van der Waals surface area contributed by atoms with Gasteiger partial charge in [0.2, 0.25) is 11.8 Å². The topological polar surface area (TPSA) is 49.4 Å². The highest BCUT2D eigenvalue weighted by atomic mass is 32.2. The lowest BCUT2D eigenvalue weighted by Crippen LogP contribution is -2.31. The molecule has 0 fully saturated rings. The Morgan fingerprint density at radius 1 is 1.15 bits per heavy atom. The van der Waals surface area contributed by atoms with Crippen molar-refractivity contribution >= 4 is 29.3 Å². The number of nitrogens with zero attached hydrogens (tertiary/aromatic N) is 1. The molecule has 2 aromatic carbocycles. The largest absolute Gasteiger partial charge is 0.338 e. The SMILES string of the molecule is Cc1cccc(NC(=O)CSCC(=O)N(C)C(C)c2ccc(F)cc2)c1. The number of aryl methyl sites for hydroxylation is 1. The maximum Gasteiger partial charge on any atom is 0.234 e. The number of carbonyl (C=O) groups excluding carboxylic acids is 2. The van der Waals surface area contributed by atoms with E-state index in [4.69, 9.17) is 0 Å². The molecule has 0 aliphatic heterocycles. The average Bonchev–Trinajstić information content (AvgIpc) is 2.61. The normalized spacial score (nSPS) is 11.7. The van der Waals surface area contributed by atoms with Crippen LogP contribution in [0.5, 0.6) is 0 Å². The molecule has 0 bridgehead atoms. The predicted octanol–water partition coefficient (Wildman–Crippen LogP) is 4.03. The first-order valence-corrected chi connectivity index (χ1v) is 9.47. The Hall–Kier alpha value is -2.34. The molecule has 0 radical (unpaired) electrons. The Balaban J connectivity index is 1.78. The first kappa shape index (κ1) is 20.0. The van der Waals surface area contributed by atoms with Gasteiger partial charge < -0.3 is 10.2 Å². The van der Waals surface area contributed by atoms with Gasteiger partial charge in [0.05, 0.1) is 17.5 Å². The molecule has 0 aliphatic rings. The van der Waals surface area contributed by atoms with Crippen LogP contribution in [0.15, 0.2) is 48.5 Å². The molecule has 2 aromatic rings. The van der Waals surface area contributed by atoms with Crippen molar-refractivity contribution in [1.82, 2.24) is 4.90 Å². The van der Waals surface area contributed by atoms with Crippen LogP contribution in [-0.4, -0.2) is 35.3 Å². The van der Waals surface area contributed by atoms with Gasteiger partial charge in [0, 0.05) is 12.7 Å². The van der Waals surface area contributed by atoms with Gasteiger partial charge in [-0.15, -0.1) is 11.8 Å². The van der Waals surface area contributed by atoms with Gasteiger partial charge in [-0.3, -0.25) is 9.59 Å². The minimum Gasteiger partial charge on any atom is -0.338 e. The molecule has 0 saturated carbocycles. The predicted molar refractivity (Wildman–Crippen MR) is 105 cm³/mol. The summed E-state index contributed by atoms with van der Waals surface area (Å²) in [5.74, 6) is -0.0928. The third kappa shape index (κ3) is 5.88. The maximum absolute atomic E-state index is 13.0. The van der Waals surface area contributed by atoms with E-state index in [1.54, 1.807) is 24.1 Å². The number of amides is 2. The molecule has 4 nitrogen and oxygen atoms in total. The van der Waals surface area contributed by atoms with Gasteiger partial charge in [-0.05, 0) is 49.2 Å². The summed E-state index contributed by atoms with van der Waals surface area (Å²) >= 11 is 1.27. The van der Waals surface area contributed by atoms with E-state index in [2.05, 4.69) is 5.32 Å². The third-order valence-corrected chi connectivity index (χ3v) is 5.00. The Bertz CT molecular complexity index is 765. The summed E-state index contributed by atoms with van der Waals surface area (Å²) in [5, 5.41) is 2.82. The molecule has 1 unspecified atom stereocenters. The van der Waals surface area contributed by atoms with E-state index in [1.165, 1.54) is 23.9 Å². The number of nitrogens with one attached hydrogen (secondary N) is 1. The Kier molecular flexibility index (Phi) is 7.21. The van der Waals surface area contributed by atoms with Gasteiger partial charge in [-0.1, -0.05) is 24.3 Å². The summed E-state index contributed by atoms with van der Waals surface area (Å²) in [6.07, 6.45) is 0. The smallest absolute Gasteiger partial charge is 0.234 e. The Morgan fingerprint density at radius 2 is 1.85 bits per heavy atom. The Morgan fingerprint density at radius 3 is 2.50 bits per heavy atom. The highest BCUT2D eigenvalue weighted by Gasteiger charge is 2.17. The van der Waals surface area contributed by atoms with Crippen molar-refractivity contribution in [3.05, 3.63) is 65.5 Å². The zero-order valence-corrected chi connectivity index (χ0v) is 16.0. The number of hydrogen-bond acceptors (Lipinski definition) is 3. The summed E-state index contributed by atoms with van der Waals surface area (Å²) in [6, 6.07) is 13.5. The van der Waals surface area contributed by atoms with Crippen LogP contribution in [0.25, 0.3) is 0 Å². The number of rotatable bonds is 7. The second kappa shape index (κ2) is 9.38. The van der Waals surface area contributed by atoms with Gasteiger partial charge in [-0.25, -0.2) is 4.39 Å². The zero-order valence-electron chi connectivity index (χ0n) is 15.2. The van der Waals surface area contributed by atoms with Crippen LogP contribution in [0, 0.1) is 12.7 Å². The highest BCUT2D eigenvalue weighted by Crippen LogP contribution is 2.20. The van der Waals surface area contributed by atoms with Crippen LogP contribution in [0.4, 0.5) is 10.1 Å². The van der Waals surface area contributed by atoms with Crippen molar-refractivity contribution in [3.63, 3.8) is 0 Å². The van der Waals surface area contributed by atoms with Crippen LogP contribution in [-0.2, 0) is 9.59 Å². The molecule has 2 rings (SSSR count). The minimum absolute atomic E-state index is 0.0739. The summed E-state index contributed by atoms with van der Waals surface area (Å²) in [4.78, 5) is 25.9. The third-order valence-electron chi connectivity index (χ3n) is 4.09. The molecule has 1 atom stereocenters. The molecule has 0 aliphatic carbocycles. The number of hydrogen-bond donors (Lipinski definition) is 1. The maximum atomic E-state index is 13.0. The summed E-state index contributed by atoms with van der Waals surface area (Å²) in [6.45, 7) is 3.85. The Labute approximate surface area is 157 Å². The highest BCUT2D eigenvalue weighted by molar-refractivity contribution is 8.00. The van der Waals surface area contributed by atoms with E-state index in [1.807, 2.05) is 38.1 Å². The number of carbonyl (C=O) groups is 2. The second-order valence-corrected chi connectivity index (χ2v) is 7.13. The molecule has 6 heteroatoms. The van der Waals surface area contributed by atoms with Crippen LogP contribution >= 0.6 is 11.8 Å². The minimum atomic E-state index is -0.301. The molecular formula is C20H23FN2O2S. The van der Waals surface area contributed by atoms with E-state index >= 15 is 0 Å². The van der Waals surface area contributed by atoms with Gasteiger partial charge >= 0.3 is 0 Å². The molecule has 138 valence electrons. The first-order chi connectivity index (χ1) is 12.4. The van der Waals surface area contributed by atoms with Gasteiger partial charge in [0.25, 0.3) is 0 Å². The van der Waals surface area contributed by atoms with Gasteiger partial charge in [0.15, 0.2) is 0 Å². The van der Waals surface area contributed by atoms with Crippen molar-refractivity contribution in [2.24, 2.45) is 0 Å². The molecule has 2 amide bonds. The molecule has 0 saturated heterocycles. The molecular weight excluding hydrogens is 351 g/mol. The van der Waals surface area contributed by atoms with Gasteiger partial charge in [0.1, 0.15) is 5.82 Å². The molecule has 26 heavy (non-hydrogen) atoms. The summed E-state index contributed by atoms with van der Waals surface area (Å²) < 4.78 is 13.0. The molecule has 1 N–H and O–H groups in total. The van der Waals surface area contributed by atoms with E-state index < -0.39 is 0 Å². The van der Waals surface area contributed by atoms with Crippen molar-refractivity contribution in [1.29, 1.82) is 0 Å². The van der Waals surface area contributed by atoms with E-state index in [0.717, 1.165) is 16.8 Å². The number of benzene rings is 2. The van der Waals surface area contributed by atoms with E-state index in [-0.39, 0.29) is 35.2 Å². The van der Waals surface area contributed by atoms with Crippen molar-refractivity contribution in [2.75, 3.05) is 23.9 Å². The monoisotopic (exact) mass is 374 g/mol. The summed E-state index contributed by atoms with van der Waals surface area (Å²) in [5.41, 5.74) is 2.69. The zero-order chi connectivity index (χ0) is 19.1. The molecule has 0 heterocycles. The standard InChI is InChI=1S/C20H23FN2O2S/c1-14-5-4-6-18(11-14)22-19(24)12-26-13-20(25)23(3)15(2)16-7-9-17(21)10-8-16/h4-11,15H,12-13H2,1-3H3,(H,22,24). The quantitative estimate of drug-likeness (QED) is 0.796. The van der Waals surface area contributed by atoms with Crippen LogP contribution in [0.1, 0.15) is 24.1 Å². The molecule has 0 aromatic heterocycles. The van der Waals surface area contributed by atoms with E-state index in [0.29, 0.717) is 0 Å². The van der Waals surface area contributed by atoms with Crippen molar-refractivity contribution in [2.45, 2.75) is 19.9 Å². The fraction of sp³-hybridized carbons (Fsp3) is 0.300. The number of halogens is 1. The first-order valence-electron chi connectivity index (χ1n) is 8.32. The lowest BCUT2D eigenvalue weighted by atomic mass is 10.1. The average molecular weight is 374 g/mol. The second-order valence-electron chi connectivity index (χ2n) is 6.14. The lowest BCUT2D eigenvalue weighted by molar-refractivity contribution is -0.128. The fourth-order valence-electron chi connectivity index (χ4n) is 2.43. The number of thioether (sulfide) groups is 1. The van der Waals surface area contributed by atoms with E-state index in [9.17, 15) is 14.0 Å². The molecule has 0 spiro atoms. The van der Waals surface area contributed by atoms with Crippen molar-refractivity contribution < 1.29 is 14.0 Å². The lowest BCUT2D eigenvalue weighted by Gasteiger charge is -2.25. The fourth-order valence-corrected chi connectivity index (χ4v) is 3.17. The number of anilines is 1. The van der Waals surface area contributed by atoms with Gasteiger partial charge in [-0.2, -0.15) is 0 Å². The van der Waals surface area contributed by atoms with Crippen LogP contribution in [0.3, 0.4) is 0 Å². The van der Waals surface area contributed by atoms with Crippen molar-refractivity contribution in [3.8, 4) is 0 Å². The van der Waals surface area contributed by atoms with Crippen LogP contribution in [0.2, 0.25) is 0 Å².